The van der Waals surface area contributed by atoms with E-state index in [1.54, 1.807) is 18.2 Å². The van der Waals surface area contributed by atoms with E-state index >= 15 is 0 Å². The minimum absolute atomic E-state index is 0.0130. The van der Waals surface area contributed by atoms with Crippen molar-refractivity contribution in [3.63, 3.8) is 0 Å². The summed E-state index contributed by atoms with van der Waals surface area (Å²) in [6.45, 7) is 0. The largest absolute Gasteiger partial charge is 0.398 e. The fourth-order valence-electron chi connectivity index (χ4n) is 2.26. The van der Waals surface area contributed by atoms with Crippen LogP contribution < -0.4 is 5.73 Å². The summed E-state index contributed by atoms with van der Waals surface area (Å²) in [5, 5.41) is 2.02. The first kappa shape index (κ1) is 12.9. The highest BCUT2D eigenvalue weighted by molar-refractivity contribution is 9.10. The van der Waals surface area contributed by atoms with E-state index in [9.17, 15) is 4.79 Å². The molecule has 20 heavy (non-hydrogen) atoms. The van der Waals surface area contributed by atoms with E-state index in [4.69, 9.17) is 5.73 Å². The molecule has 0 bridgehead atoms. The van der Waals surface area contributed by atoms with Gasteiger partial charge in [0, 0.05) is 21.3 Å². The average Bonchev–Trinajstić information content (AvgIpc) is 2.49. The lowest BCUT2D eigenvalue weighted by Gasteiger charge is -2.07. The second-order valence-corrected chi connectivity index (χ2v) is 5.45. The van der Waals surface area contributed by atoms with Crippen molar-refractivity contribution >= 4 is 38.2 Å². The summed E-state index contributed by atoms with van der Waals surface area (Å²) < 4.78 is 0.798. The molecule has 0 atom stereocenters. The summed E-state index contributed by atoms with van der Waals surface area (Å²) in [4.78, 5) is 12.7. The number of nitrogen functional groups attached to an aromatic ring is 1. The Bertz CT molecular complexity index is 806. The third-order valence-electron chi connectivity index (χ3n) is 3.29. The van der Waals surface area contributed by atoms with Crippen LogP contribution in [0.4, 0.5) is 5.69 Å². The maximum Gasteiger partial charge on any atom is 0.193 e. The van der Waals surface area contributed by atoms with Crippen LogP contribution in [0.5, 0.6) is 0 Å². The smallest absolute Gasteiger partial charge is 0.193 e. The van der Waals surface area contributed by atoms with Gasteiger partial charge in [-0.1, -0.05) is 42.5 Å². The Kier molecular flexibility index (Phi) is 3.28. The lowest BCUT2D eigenvalue weighted by atomic mass is 9.97. The van der Waals surface area contributed by atoms with Crippen LogP contribution in [0.2, 0.25) is 0 Å². The Balaban J connectivity index is 2.15. The van der Waals surface area contributed by atoms with E-state index in [1.165, 1.54) is 0 Å². The van der Waals surface area contributed by atoms with Crippen LogP contribution in [-0.2, 0) is 0 Å². The molecule has 2 nitrogen and oxygen atoms in total. The van der Waals surface area contributed by atoms with Crippen LogP contribution in [0.15, 0.2) is 65.1 Å². The summed E-state index contributed by atoms with van der Waals surface area (Å²) in [6.07, 6.45) is 0. The van der Waals surface area contributed by atoms with Crippen molar-refractivity contribution in [3.8, 4) is 0 Å². The van der Waals surface area contributed by atoms with Crippen LogP contribution in [0.1, 0.15) is 15.9 Å². The predicted octanol–water partition coefficient (Wildman–Crippen LogP) is 4.42. The minimum atomic E-state index is -0.0130. The SMILES string of the molecule is Nc1cc(C(=O)c2cccc3ccccc23)ccc1Br. The maximum atomic E-state index is 12.7. The van der Waals surface area contributed by atoms with Gasteiger partial charge in [0.1, 0.15) is 0 Å². The van der Waals surface area contributed by atoms with Crippen molar-refractivity contribution in [3.05, 3.63) is 76.3 Å². The van der Waals surface area contributed by atoms with Gasteiger partial charge in [0.15, 0.2) is 5.78 Å². The summed E-state index contributed by atoms with van der Waals surface area (Å²) >= 11 is 3.34. The Morgan fingerprint density at radius 1 is 0.950 bits per heavy atom. The Hall–Kier alpha value is -2.13. The fraction of sp³-hybridized carbons (Fsp3) is 0. The Morgan fingerprint density at radius 3 is 2.50 bits per heavy atom. The van der Waals surface area contributed by atoms with Crippen molar-refractivity contribution < 1.29 is 4.79 Å². The number of ketones is 1. The zero-order valence-electron chi connectivity index (χ0n) is 10.6. The molecular formula is C17H12BrNO. The molecule has 0 aliphatic heterocycles. The van der Waals surface area contributed by atoms with Gasteiger partial charge in [0.2, 0.25) is 0 Å². The highest BCUT2D eigenvalue weighted by atomic mass is 79.9. The number of carbonyl (C=O) groups excluding carboxylic acids is 1. The Morgan fingerprint density at radius 2 is 1.70 bits per heavy atom. The van der Waals surface area contributed by atoms with E-state index in [0.717, 1.165) is 15.2 Å². The van der Waals surface area contributed by atoms with Crippen molar-refractivity contribution in [2.75, 3.05) is 5.73 Å². The molecule has 0 fully saturated rings. The summed E-state index contributed by atoms with van der Waals surface area (Å²) in [7, 11) is 0. The van der Waals surface area contributed by atoms with Gasteiger partial charge < -0.3 is 5.73 Å². The number of nitrogens with two attached hydrogens (primary N) is 1. The first-order valence-corrected chi connectivity index (χ1v) is 7.03. The first-order valence-electron chi connectivity index (χ1n) is 6.24. The van der Waals surface area contributed by atoms with E-state index < -0.39 is 0 Å². The molecule has 0 spiro atoms. The summed E-state index contributed by atoms with van der Waals surface area (Å²) in [5.74, 6) is -0.0130. The van der Waals surface area contributed by atoms with E-state index in [2.05, 4.69) is 15.9 Å². The Labute approximate surface area is 125 Å². The zero-order valence-corrected chi connectivity index (χ0v) is 12.2. The van der Waals surface area contributed by atoms with Crippen molar-refractivity contribution in [2.24, 2.45) is 0 Å². The molecule has 3 aromatic rings. The molecule has 0 amide bonds. The van der Waals surface area contributed by atoms with Gasteiger partial charge in [-0.05, 0) is 44.9 Å². The number of hydrogen-bond donors (Lipinski definition) is 1. The second kappa shape index (κ2) is 5.10. The molecule has 3 aromatic carbocycles. The number of carbonyl (C=O) groups is 1. The maximum absolute atomic E-state index is 12.7. The molecule has 2 N–H and O–H groups in total. The van der Waals surface area contributed by atoms with Gasteiger partial charge in [-0.25, -0.2) is 0 Å². The lowest BCUT2D eigenvalue weighted by molar-refractivity contribution is 0.104. The molecule has 0 unspecified atom stereocenters. The molecular weight excluding hydrogens is 314 g/mol. The number of anilines is 1. The van der Waals surface area contributed by atoms with E-state index in [0.29, 0.717) is 16.8 Å². The molecule has 0 radical (unpaired) electrons. The van der Waals surface area contributed by atoms with E-state index in [1.807, 2.05) is 42.5 Å². The standard InChI is InChI=1S/C17H12BrNO/c18-15-9-8-12(10-16(15)19)17(20)14-7-3-5-11-4-1-2-6-13(11)14/h1-10H,19H2. The molecule has 0 aromatic heterocycles. The molecule has 0 saturated heterocycles. The monoisotopic (exact) mass is 325 g/mol. The van der Waals surface area contributed by atoms with Crippen LogP contribution in [0.25, 0.3) is 10.8 Å². The number of benzene rings is 3. The topological polar surface area (TPSA) is 43.1 Å². The number of rotatable bonds is 2. The average molecular weight is 326 g/mol. The molecule has 0 aliphatic rings. The normalized spacial score (nSPS) is 10.7. The molecule has 0 heterocycles. The highest BCUT2D eigenvalue weighted by Crippen LogP contribution is 2.25. The van der Waals surface area contributed by atoms with Crippen LogP contribution >= 0.6 is 15.9 Å². The molecule has 3 rings (SSSR count). The highest BCUT2D eigenvalue weighted by Gasteiger charge is 2.13. The van der Waals surface area contributed by atoms with Gasteiger partial charge in [-0.2, -0.15) is 0 Å². The number of halogens is 1. The molecule has 0 saturated carbocycles. The third-order valence-corrected chi connectivity index (χ3v) is 4.01. The minimum Gasteiger partial charge on any atom is -0.398 e. The van der Waals surface area contributed by atoms with Gasteiger partial charge in [-0.15, -0.1) is 0 Å². The summed E-state index contributed by atoms with van der Waals surface area (Å²) in [5.41, 5.74) is 7.71. The van der Waals surface area contributed by atoms with Crippen LogP contribution in [0, 0.1) is 0 Å². The van der Waals surface area contributed by atoms with Crippen molar-refractivity contribution in [1.82, 2.24) is 0 Å². The van der Waals surface area contributed by atoms with Crippen LogP contribution in [-0.4, -0.2) is 5.78 Å². The molecule has 0 aliphatic carbocycles. The third kappa shape index (κ3) is 2.21. The number of hydrogen-bond acceptors (Lipinski definition) is 2. The number of fused-ring (bicyclic) bond motifs is 1. The van der Waals surface area contributed by atoms with Gasteiger partial charge >= 0.3 is 0 Å². The fourth-order valence-corrected chi connectivity index (χ4v) is 2.51. The first-order chi connectivity index (χ1) is 9.66. The van der Waals surface area contributed by atoms with Crippen molar-refractivity contribution in [2.45, 2.75) is 0 Å². The lowest BCUT2D eigenvalue weighted by Crippen LogP contribution is -2.03. The second-order valence-electron chi connectivity index (χ2n) is 4.59. The molecule has 3 heteroatoms. The quantitative estimate of drug-likeness (QED) is 0.560. The van der Waals surface area contributed by atoms with Crippen LogP contribution in [0.3, 0.4) is 0 Å². The van der Waals surface area contributed by atoms with Gasteiger partial charge in [0.25, 0.3) is 0 Å². The van der Waals surface area contributed by atoms with Gasteiger partial charge in [-0.3, -0.25) is 4.79 Å². The molecule has 98 valence electrons. The van der Waals surface area contributed by atoms with Crippen molar-refractivity contribution in [1.29, 1.82) is 0 Å². The predicted molar refractivity (Wildman–Crippen MR) is 85.9 cm³/mol. The summed E-state index contributed by atoms with van der Waals surface area (Å²) in [6, 6.07) is 18.9. The van der Waals surface area contributed by atoms with Gasteiger partial charge in [0.05, 0.1) is 0 Å². The zero-order chi connectivity index (χ0) is 14.1. The van der Waals surface area contributed by atoms with E-state index in [-0.39, 0.29) is 5.78 Å².